The molecular formula is C22H16Cl3N3O2. The first kappa shape index (κ1) is 20.5. The molecule has 0 saturated heterocycles. The number of nitrogens with zero attached hydrogens (tertiary/aromatic N) is 3. The first-order valence-electron chi connectivity index (χ1n) is 8.98. The standard InChI is InChI=1S/C22H16Cl3N3O2/c1-29-17-9-7-16(8-10-17)28-20(26-27-22(28)14-5-3-2-4-6-14)13-30-21-18(24)11-15(23)12-19(21)25/h2-12H,13H2,1H3. The number of halogens is 3. The summed E-state index contributed by atoms with van der Waals surface area (Å²) in [4.78, 5) is 0. The SMILES string of the molecule is COc1ccc(-n2c(COc3c(Cl)cc(Cl)cc3Cl)nnc2-c2ccccc2)cc1. The zero-order valence-electron chi connectivity index (χ0n) is 15.8. The second-order valence-corrected chi connectivity index (χ2v) is 7.58. The van der Waals surface area contributed by atoms with Gasteiger partial charge in [-0.3, -0.25) is 4.57 Å². The Labute approximate surface area is 188 Å². The molecule has 0 aliphatic heterocycles. The average Bonchev–Trinajstić information content (AvgIpc) is 3.17. The normalized spacial score (nSPS) is 10.8. The number of ether oxygens (including phenoxy) is 2. The van der Waals surface area contributed by atoms with E-state index in [0.717, 1.165) is 17.0 Å². The van der Waals surface area contributed by atoms with Crippen molar-refractivity contribution in [1.82, 2.24) is 14.8 Å². The highest BCUT2D eigenvalue weighted by Crippen LogP contribution is 2.36. The fraction of sp³-hybridized carbons (Fsp3) is 0.0909. The Kier molecular flexibility index (Phi) is 6.13. The molecule has 0 aliphatic carbocycles. The van der Waals surface area contributed by atoms with E-state index in [9.17, 15) is 0 Å². The van der Waals surface area contributed by atoms with Crippen molar-refractivity contribution in [2.75, 3.05) is 7.11 Å². The van der Waals surface area contributed by atoms with Crippen LogP contribution in [-0.4, -0.2) is 21.9 Å². The van der Waals surface area contributed by atoms with Crippen molar-refractivity contribution in [2.45, 2.75) is 6.61 Å². The van der Waals surface area contributed by atoms with Gasteiger partial charge in [-0.15, -0.1) is 10.2 Å². The summed E-state index contributed by atoms with van der Waals surface area (Å²) in [7, 11) is 1.63. The molecule has 152 valence electrons. The highest BCUT2D eigenvalue weighted by molar-refractivity contribution is 6.40. The molecular weight excluding hydrogens is 445 g/mol. The Morgan fingerprint density at radius 3 is 2.17 bits per heavy atom. The van der Waals surface area contributed by atoms with Gasteiger partial charge in [0.15, 0.2) is 17.4 Å². The summed E-state index contributed by atoms with van der Waals surface area (Å²) in [6, 6.07) is 20.6. The van der Waals surface area contributed by atoms with E-state index in [1.807, 2.05) is 59.2 Å². The smallest absolute Gasteiger partial charge is 0.175 e. The van der Waals surface area contributed by atoms with Crippen LogP contribution in [-0.2, 0) is 6.61 Å². The lowest BCUT2D eigenvalue weighted by Gasteiger charge is -2.13. The monoisotopic (exact) mass is 459 g/mol. The molecule has 0 saturated carbocycles. The van der Waals surface area contributed by atoms with Crippen LogP contribution < -0.4 is 9.47 Å². The fourth-order valence-electron chi connectivity index (χ4n) is 2.99. The van der Waals surface area contributed by atoms with Crippen molar-refractivity contribution in [3.8, 4) is 28.6 Å². The Morgan fingerprint density at radius 2 is 1.53 bits per heavy atom. The first-order chi connectivity index (χ1) is 14.6. The van der Waals surface area contributed by atoms with Crippen molar-refractivity contribution in [3.05, 3.63) is 87.6 Å². The number of aromatic nitrogens is 3. The molecule has 0 bridgehead atoms. The Balaban J connectivity index is 1.74. The fourth-order valence-corrected chi connectivity index (χ4v) is 3.92. The molecule has 1 aromatic heterocycles. The minimum atomic E-state index is 0.104. The zero-order chi connectivity index (χ0) is 21.1. The van der Waals surface area contributed by atoms with Crippen LogP contribution in [0.4, 0.5) is 0 Å². The van der Waals surface area contributed by atoms with E-state index in [-0.39, 0.29) is 6.61 Å². The maximum atomic E-state index is 6.24. The van der Waals surface area contributed by atoms with Crippen LogP contribution in [0.5, 0.6) is 11.5 Å². The van der Waals surface area contributed by atoms with Gasteiger partial charge in [0.25, 0.3) is 0 Å². The summed E-state index contributed by atoms with van der Waals surface area (Å²) < 4.78 is 13.1. The van der Waals surface area contributed by atoms with Crippen LogP contribution in [0.2, 0.25) is 15.1 Å². The van der Waals surface area contributed by atoms with Gasteiger partial charge in [0.05, 0.1) is 17.2 Å². The minimum absolute atomic E-state index is 0.104. The van der Waals surface area contributed by atoms with E-state index in [4.69, 9.17) is 44.3 Å². The van der Waals surface area contributed by atoms with Gasteiger partial charge in [-0.2, -0.15) is 0 Å². The first-order valence-corrected chi connectivity index (χ1v) is 10.1. The molecule has 0 spiro atoms. The van der Waals surface area contributed by atoms with Crippen LogP contribution in [0.3, 0.4) is 0 Å². The molecule has 30 heavy (non-hydrogen) atoms. The van der Waals surface area contributed by atoms with Gasteiger partial charge in [0.2, 0.25) is 0 Å². The van der Waals surface area contributed by atoms with Crippen molar-refractivity contribution in [2.24, 2.45) is 0 Å². The molecule has 0 amide bonds. The lowest BCUT2D eigenvalue weighted by atomic mass is 10.2. The lowest BCUT2D eigenvalue weighted by molar-refractivity contribution is 0.294. The van der Waals surface area contributed by atoms with Gasteiger partial charge >= 0.3 is 0 Å². The van der Waals surface area contributed by atoms with E-state index in [2.05, 4.69) is 10.2 Å². The molecule has 0 fully saturated rings. The van der Waals surface area contributed by atoms with Crippen molar-refractivity contribution in [1.29, 1.82) is 0 Å². The van der Waals surface area contributed by atoms with Crippen molar-refractivity contribution in [3.63, 3.8) is 0 Å². The van der Waals surface area contributed by atoms with Gasteiger partial charge in [-0.1, -0.05) is 65.1 Å². The summed E-state index contributed by atoms with van der Waals surface area (Å²) in [5.74, 6) is 2.37. The summed E-state index contributed by atoms with van der Waals surface area (Å²) >= 11 is 18.5. The second kappa shape index (κ2) is 8.96. The molecule has 8 heteroatoms. The van der Waals surface area contributed by atoms with Crippen LogP contribution in [0.1, 0.15) is 5.82 Å². The van der Waals surface area contributed by atoms with Crippen molar-refractivity contribution < 1.29 is 9.47 Å². The number of hydrogen-bond acceptors (Lipinski definition) is 4. The lowest BCUT2D eigenvalue weighted by Crippen LogP contribution is -2.07. The number of benzene rings is 3. The Hall–Kier alpha value is -2.73. The predicted octanol–water partition coefficient (Wildman–Crippen LogP) is 6.48. The molecule has 0 N–H and O–H groups in total. The van der Waals surface area contributed by atoms with E-state index in [1.165, 1.54) is 0 Å². The molecule has 4 aromatic rings. The number of hydrogen-bond donors (Lipinski definition) is 0. The van der Waals surface area contributed by atoms with Gasteiger partial charge < -0.3 is 9.47 Å². The van der Waals surface area contributed by atoms with Crippen LogP contribution >= 0.6 is 34.8 Å². The molecule has 0 atom stereocenters. The highest BCUT2D eigenvalue weighted by Gasteiger charge is 2.18. The molecule has 4 rings (SSSR count). The largest absolute Gasteiger partial charge is 0.497 e. The predicted molar refractivity (Wildman–Crippen MR) is 119 cm³/mol. The third-order valence-electron chi connectivity index (χ3n) is 4.40. The summed E-state index contributed by atoms with van der Waals surface area (Å²) in [6.45, 7) is 0.104. The Morgan fingerprint density at radius 1 is 0.867 bits per heavy atom. The van der Waals surface area contributed by atoms with Crippen LogP contribution in [0, 0.1) is 0 Å². The summed E-state index contributed by atoms with van der Waals surface area (Å²) in [5.41, 5.74) is 1.79. The molecule has 0 aliphatic rings. The average molecular weight is 461 g/mol. The molecule has 1 heterocycles. The maximum absolute atomic E-state index is 6.24. The topological polar surface area (TPSA) is 49.2 Å². The Bertz CT molecular complexity index is 1140. The van der Waals surface area contributed by atoms with E-state index in [0.29, 0.717) is 32.5 Å². The molecule has 3 aromatic carbocycles. The van der Waals surface area contributed by atoms with Gasteiger partial charge in [0.1, 0.15) is 12.4 Å². The minimum Gasteiger partial charge on any atom is -0.497 e. The van der Waals surface area contributed by atoms with Gasteiger partial charge in [0, 0.05) is 16.3 Å². The highest BCUT2D eigenvalue weighted by atomic mass is 35.5. The summed E-state index contributed by atoms with van der Waals surface area (Å²) in [5, 5.41) is 9.83. The number of methoxy groups -OCH3 is 1. The van der Waals surface area contributed by atoms with Crippen LogP contribution in [0.15, 0.2) is 66.7 Å². The van der Waals surface area contributed by atoms with Gasteiger partial charge in [-0.25, -0.2) is 0 Å². The quantitative estimate of drug-likeness (QED) is 0.330. The van der Waals surface area contributed by atoms with E-state index < -0.39 is 0 Å². The number of rotatable bonds is 6. The molecule has 0 radical (unpaired) electrons. The van der Waals surface area contributed by atoms with Crippen LogP contribution in [0.25, 0.3) is 17.1 Å². The molecule has 0 unspecified atom stereocenters. The third-order valence-corrected chi connectivity index (χ3v) is 5.18. The van der Waals surface area contributed by atoms with E-state index >= 15 is 0 Å². The van der Waals surface area contributed by atoms with Gasteiger partial charge in [-0.05, 0) is 36.4 Å². The summed E-state index contributed by atoms with van der Waals surface area (Å²) in [6.07, 6.45) is 0. The van der Waals surface area contributed by atoms with Crippen molar-refractivity contribution >= 4 is 34.8 Å². The third kappa shape index (κ3) is 4.24. The van der Waals surface area contributed by atoms with E-state index in [1.54, 1.807) is 19.2 Å². The molecule has 5 nitrogen and oxygen atoms in total. The second-order valence-electron chi connectivity index (χ2n) is 6.33. The zero-order valence-corrected chi connectivity index (χ0v) is 18.1. The maximum Gasteiger partial charge on any atom is 0.175 e.